The Morgan fingerprint density at radius 2 is 0.542 bits per heavy atom. The first-order valence-electron chi connectivity index (χ1n) is 16.0. The van der Waals surface area contributed by atoms with Gasteiger partial charge >= 0.3 is 0 Å². The van der Waals surface area contributed by atoms with E-state index in [4.69, 9.17) is 19.9 Å². The average molecular weight is 615 g/mol. The zero-order valence-electron chi connectivity index (χ0n) is 26.1. The third-order valence-electron chi connectivity index (χ3n) is 8.47. The fourth-order valence-corrected chi connectivity index (χ4v) is 6.15. The van der Waals surface area contributed by atoms with Crippen molar-refractivity contribution in [1.29, 1.82) is 0 Å². The Bertz CT molecular complexity index is 2150. The molecule has 2 heterocycles. The summed E-state index contributed by atoms with van der Waals surface area (Å²) in [7, 11) is 0. The van der Waals surface area contributed by atoms with Gasteiger partial charge in [-0.2, -0.15) is 0 Å². The second-order valence-corrected chi connectivity index (χ2v) is 11.5. The first-order valence-corrected chi connectivity index (χ1v) is 16.0. The largest absolute Gasteiger partial charge is 0.236 e. The number of aromatic nitrogens is 4. The maximum atomic E-state index is 5.35. The Morgan fingerprint density at radius 3 is 0.896 bits per heavy atom. The van der Waals surface area contributed by atoms with Gasteiger partial charge in [-0.25, -0.2) is 19.9 Å². The van der Waals surface area contributed by atoms with E-state index in [0.717, 1.165) is 67.0 Å². The standard InChI is InChI=1S/C44H30N4/c1-5-17-31(18-6-1)35-25-13-15-27-37(35)39-29-45-43(33-21-9-3-10-22-33)47-41(39)42-40(30-46-44(48-42)34-23-11-4-12-24-34)38-28-16-14-26-36(38)32-19-7-2-8-20-32/h1-30H. The van der Waals surface area contributed by atoms with Crippen molar-refractivity contribution < 1.29 is 0 Å². The number of nitrogens with zero attached hydrogens (tertiary/aromatic N) is 4. The molecule has 0 radical (unpaired) electrons. The van der Waals surface area contributed by atoms with Crippen LogP contribution in [0.5, 0.6) is 0 Å². The third kappa shape index (κ3) is 5.68. The maximum Gasteiger partial charge on any atom is 0.159 e. The van der Waals surface area contributed by atoms with Crippen LogP contribution in [0, 0.1) is 0 Å². The normalized spacial score (nSPS) is 10.9. The van der Waals surface area contributed by atoms with E-state index in [2.05, 4.69) is 97.1 Å². The molecule has 0 N–H and O–H groups in total. The van der Waals surface area contributed by atoms with Crippen LogP contribution in [0.3, 0.4) is 0 Å². The minimum Gasteiger partial charge on any atom is -0.236 e. The lowest BCUT2D eigenvalue weighted by Gasteiger charge is -2.18. The summed E-state index contributed by atoms with van der Waals surface area (Å²) in [6.07, 6.45) is 3.90. The topological polar surface area (TPSA) is 51.6 Å². The summed E-state index contributed by atoms with van der Waals surface area (Å²) in [4.78, 5) is 20.6. The third-order valence-corrected chi connectivity index (χ3v) is 8.47. The second kappa shape index (κ2) is 13.1. The molecule has 0 aliphatic carbocycles. The molecule has 6 aromatic carbocycles. The molecule has 0 spiro atoms. The van der Waals surface area contributed by atoms with Crippen LogP contribution >= 0.6 is 0 Å². The van der Waals surface area contributed by atoms with Gasteiger partial charge in [-0.05, 0) is 33.4 Å². The van der Waals surface area contributed by atoms with Gasteiger partial charge < -0.3 is 0 Å². The molecule has 2 aromatic heterocycles. The summed E-state index contributed by atoms with van der Waals surface area (Å²) in [5, 5.41) is 0. The molecule has 0 unspecified atom stereocenters. The molecule has 0 amide bonds. The minimum absolute atomic E-state index is 0.633. The SMILES string of the molecule is c1ccc(-c2ncc(-c3ccccc3-c3ccccc3)c(-c3nc(-c4ccccc4)ncc3-c3ccccc3-c3ccccc3)n2)cc1. The zero-order valence-corrected chi connectivity index (χ0v) is 26.1. The highest BCUT2D eigenvalue weighted by Gasteiger charge is 2.23. The minimum atomic E-state index is 0.633. The fraction of sp³-hybridized carbons (Fsp3) is 0. The quantitative estimate of drug-likeness (QED) is 0.179. The fourth-order valence-electron chi connectivity index (χ4n) is 6.15. The molecule has 4 heteroatoms. The van der Waals surface area contributed by atoms with Crippen molar-refractivity contribution in [1.82, 2.24) is 19.9 Å². The van der Waals surface area contributed by atoms with Crippen molar-refractivity contribution in [2.45, 2.75) is 0 Å². The van der Waals surface area contributed by atoms with Crippen LogP contribution in [0.4, 0.5) is 0 Å². The molecule has 8 aromatic rings. The lowest BCUT2D eigenvalue weighted by atomic mass is 9.90. The second-order valence-electron chi connectivity index (χ2n) is 11.5. The lowest BCUT2D eigenvalue weighted by Crippen LogP contribution is -2.02. The summed E-state index contributed by atoms with van der Waals surface area (Å²) in [6.45, 7) is 0. The van der Waals surface area contributed by atoms with Gasteiger partial charge in [0, 0.05) is 34.6 Å². The highest BCUT2D eigenvalue weighted by atomic mass is 14.9. The van der Waals surface area contributed by atoms with Crippen molar-refractivity contribution in [3.63, 3.8) is 0 Å². The van der Waals surface area contributed by atoms with Crippen molar-refractivity contribution >= 4 is 0 Å². The van der Waals surface area contributed by atoms with E-state index in [1.165, 1.54) is 0 Å². The van der Waals surface area contributed by atoms with Crippen molar-refractivity contribution in [2.24, 2.45) is 0 Å². The van der Waals surface area contributed by atoms with Gasteiger partial charge in [0.25, 0.3) is 0 Å². The van der Waals surface area contributed by atoms with Gasteiger partial charge in [-0.1, -0.05) is 170 Å². The Labute approximate surface area is 280 Å². The number of hydrogen-bond donors (Lipinski definition) is 0. The van der Waals surface area contributed by atoms with Gasteiger partial charge in [-0.3, -0.25) is 0 Å². The molecule has 0 bridgehead atoms. The highest BCUT2D eigenvalue weighted by molar-refractivity contribution is 5.96. The first-order chi connectivity index (χ1) is 23.8. The van der Waals surface area contributed by atoms with Crippen molar-refractivity contribution in [3.8, 4) is 78.7 Å². The molecule has 8 rings (SSSR count). The lowest BCUT2D eigenvalue weighted by molar-refractivity contribution is 1.13. The molecule has 0 saturated carbocycles. The van der Waals surface area contributed by atoms with Crippen LogP contribution in [0.1, 0.15) is 0 Å². The summed E-state index contributed by atoms with van der Waals surface area (Å²) >= 11 is 0. The molecule has 4 nitrogen and oxygen atoms in total. The molecular weight excluding hydrogens is 585 g/mol. The molecule has 0 atom stereocenters. The summed E-state index contributed by atoms with van der Waals surface area (Å²) < 4.78 is 0. The monoisotopic (exact) mass is 614 g/mol. The molecule has 0 saturated heterocycles. The predicted molar refractivity (Wildman–Crippen MR) is 196 cm³/mol. The van der Waals surface area contributed by atoms with Crippen LogP contribution in [0.25, 0.3) is 78.7 Å². The molecule has 0 aliphatic rings. The van der Waals surface area contributed by atoms with Crippen molar-refractivity contribution in [2.75, 3.05) is 0 Å². The van der Waals surface area contributed by atoms with E-state index in [1.54, 1.807) is 0 Å². The van der Waals surface area contributed by atoms with Crippen LogP contribution in [0.15, 0.2) is 182 Å². The number of hydrogen-bond acceptors (Lipinski definition) is 4. The molecule has 226 valence electrons. The smallest absolute Gasteiger partial charge is 0.159 e. The highest BCUT2D eigenvalue weighted by Crippen LogP contribution is 2.42. The molecule has 0 fully saturated rings. The van der Waals surface area contributed by atoms with Crippen LogP contribution in [-0.4, -0.2) is 19.9 Å². The van der Waals surface area contributed by atoms with E-state index in [0.29, 0.717) is 11.6 Å². The first kappa shape index (κ1) is 28.9. The van der Waals surface area contributed by atoms with E-state index < -0.39 is 0 Å². The Morgan fingerprint density at radius 1 is 0.250 bits per heavy atom. The van der Waals surface area contributed by atoms with E-state index >= 15 is 0 Å². The number of rotatable bonds is 7. The van der Waals surface area contributed by atoms with E-state index in [1.807, 2.05) is 85.2 Å². The zero-order chi connectivity index (χ0) is 32.1. The predicted octanol–water partition coefficient (Wildman–Crippen LogP) is 10.9. The van der Waals surface area contributed by atoms with Gasteiger partial charge in [0.05, 0.1) is 0 Å². The van der Waals surface area contributed by atoms with Crippen molar-refractivity contribution in [3.05, 3.63) is 182 Å². The van der Waals surface area contributed by atoms with E-state index in [-0.39, 0.29) is 0 Å². The van der Waals surface area contributed by atoms with Crippen LogP contribution < -0.4 is 0 Å². The van der Waals surface area contributed by atoms with Crippen LogP contribution in [0.2, 0.25) is 0 Å². The molecule has 48 heavy (non-hydrogen) atoms. The summed E-state index contributed by atoms with van der Waals surface area (Å²) in [5.41, 5.74) is 11.6. The van der Waals surface area contributed by atoms with Gasteiger partial charge in [0.1, 0.15) is 11.4 Å². The average Bonchev–Trinajstić information content (AvgIpc) is 3.19. The Kier molecular flexibility index (Phi) is 7.87. The van der Waals surface area contributed by atoms with Gasteiger partial charge in [0.2, 0.25) is 0 Å². The van der Waals surface area contributed by atoms with E-state index in [9.17, 15) is 0 Å². The molecule has 0 aliphatic heterocycles. The summed E-state index contributed by atoms with van der Waals surface area (Å²) in [6, 6.07) is 58.0. The number of benzene rings is 6. The Balaban J connectivity index is 1.44. The van der Waals surface area contributed by atoms with Gasteiger partial charge in [0.15, 0.2) is 11.6 Å². The maximum absolute atomic E-state index is 5.35. The van der Waals surface area contributed by atoms with Gasteiger partial charge in [-0.15, -0.1) is 0 Å². The van der Waals surface area contributed by atoms with Crippen LogP contribution in [-0.2, 0) is 0 Å². The Hall–Kier alpha value is -6.52. The molecular formula is C44H30N4. The summed E-state index contributed by atoms with van der Waals surface area (Å²) in [5.74, 6) is 1.27.